The van der Waals surface area contributed by atoms with Gasteiger partial charge in [0, 0.05) is 12.0 Å². The van der Waals surface area contributed by atoms with E-state index in [9.17, 15) is 9.90 Å². The lowest BCUT2D eigenvalue weighted by Gasteiger charge is -2.63. The number of ether oxygens (including phenoxy) is 1. The van der Waals surface area contributed by atoms with Crippen LogP contribution in [-0.4, -0.2) is 38.6 Å². The molecule has 0 spiro atoms. The summed E-state index contributed by atoms with van der Waals surface area (Å²) < 4.78 is 7.26. The number of aromatic nitrogens is 3. The van der Waals surface area contributed by atoms with Gasteiger partial charge in [0.25, 0.3) is 0 Å². The van der Waals surface area contributed by atoms with Gasteiger partial charge in [0.15, 0.2) is 5.78 Å². The summed E-state index contributed by atoms with van der Waals surface area (Å²) in [6.07, 6.45) is 11.5. The highest BCUT2D eigenvalue weighted by molar-refractivity contribution is 5.85. The van der Waals surface area contributed by atoms with Crippen LogP contribution in [0.1, 0.15) is 90.5 Å². The van der Waals surface area contributed by atoms with E-state index in [0.717, 1.165) is 59.9 Å². The standard InChI is InChI=1S/C31H45N3O3/c1-6-31-14-13-29(3,36)17-20(31)7-8-22-23-9-10-25(30(23,4)12-11-24(22)31)27(35)18-34-26-16-21(37-5)15-19(2)28(26)32-33-34/h15-16,20,22-25,36H,6-14,17-18H2,1-5H3/t20-,22-,23-,24-,25+,29+,30-,31-/m0/s1. The Labute approximate surface area is 221 Å². The highest BCUT2D eigenvalue weighted by Crippen LogP contribution is 2.69. The topological polar surface area (TPSA) is 77.2 Å². The molecule has 0 unspecified atom stereocenters. The van der Waals surface area contributed by atoms with E-state index in [0.29, 0.717) is 29.6 Å². The molecule has 4 fully saturated rings. The maximum Gasteiger partial charge on any atom is 0.157 e. The Morgan fingerprint density at radius 1 is 1.11 bits per heavy atom. The minimum atomic E-state index is -0.488. The van der Waals surface area contributed by atoms with Crippen molar-refractivity contribution in [1.82, 2.24) is 15.0 Å². The second-order valence-electron chi connectivity index (χ2n) is 13.6. The molecule has 6 heteroatoms. The van der Waals surface area contributed by atoms with Crippen molar-refractivity contribution in [3.05, 3.63) is 17.7 Å². The summed E-state index contributed by atoms with van der Waals surface area (Å²) in [5.74, 6) is 3.99. The normalized spacial score (nSPS) is 41.2. The third kappa shape index (κ3) is 3.79. The van der Waals surface area contributed by atoms with E-state index in [1.54, 1.807) is 11.8 Å². The first kappa shape index (κ1) is 25.3. The molecule has 37 heavy (non-hydrogen) atoms. The molecule has 4 aliphatic carbocycles. The maximum atomic E-state index is 13.9. The molecule has 0 aliphatic heterocycles. The minimum Gasteiger partial charge on any atom is -0.497 e. The molecule has 0 amide bonds. The molecule has 6 rings (SSSR count). The van der Waals surface area contributed by atoms with E-state index in [4.69, 9.17) is 4.74 Å². The van der Waals surface area contributed by atoms with Gasteiger partial charge in [-0.15, -0.1) is 5.10 Å². The average molecular weight is 508 g/mol. The predicted molar refractivity (Wildman–Crippen MR) is 144 cm³/mol. The van der Waals surface area contributed by atoms with Crippen molar-refractivity contribution in [1.29, 1.82) is 0 Å². The second-order valence-corrected chi connectivity index (χ2v) is 13.6. The van der Waals surface area contributed by atoms with Crippen molar-refractivity contribution in [3.8, 4) is 5.75 Å². The summed E-state index contributed by atoms with van der Waals surface area (Å²) in [4.78, 5) is 13.9. The lowest BCUT2D eigenvalue weighted by Crippen LogP contribution is -2.56. The number of carbonyl (C=O) groups excluding carboxylic acids is 1. The van der Waals surface area contributed by atoms with Gasteiger partial charge in [0.05, 0.1) is 18.2 Å². The number of hydrogen-bond acceptors (Lipinski definition) is 5. The van der Waals surface area contributed by atoms with Crippen LogP contribution < -0.4 is 4.74 Å². The summed E-state index contributed by atoms with van der Waals surface area (Å²) in [5, 5.41) is 19.6. The Morgan fingerprint density at radius 2 is 1.92 bits per heavy atom. The van der Waals surface area contributed by atoms with Gasteiger partial charge in [-0.25, -0.2) is 4.68 Å². The lowest BCUT2D eigenvalue weighted by atomic mass is 9.42. The first-order valence-corrected chi connectivity index (χ1v) is 14.7. The van der Waals surface area contributed by atoms with Crippen LogP contribution in [0.2, 0.25) is 0 Å². The number of ketones is 1. The van der Waals surface area contributed by atoms with Gasteiger partial charge in [-0.2, -0.15) is 0 Å². The molecule has 4 saturated carbocycles. The molecule has 6 nitrogen and oxygen atoms in total. The quantitative estimate of drug-likeness (QED) is 0.528. The van der Waals surface area contributed by atoms with Crippen molar-refractivity contribution in [2.24, 2.45) is 40.4 Å². The molecule has 202 valence electrons. The smallest absolute Gasteiger partial charge is 0.157 e. The number of Topliss-reactive ketones (excluding diaryl/α,β-unsaturated/α-hetero) is 1. The summed E-state index contributed by atoms with van der Waals surface area (Å²) in [5.41, 5.74) is 2.74. The summed E-state index contributed by atoms with van der Waals surface area (Å²) >= 11 is 0. The first-order chi connectivity index (χ1) is 17.6. The Kier molecular flexibility index (Phi) is 6.02. The van der Waals surface area contributed by atoms with E-state index in [-0.39, 0.29) is 11.3 Å². The number of fused-ring (bicyclic) bond motifs is 6. The molecular weight excluding hydrogens is 462 g/mol. The zero-order valence-corrected chi connectivity index (χ0v) is 23.4. The third-order valence-electron chi connectivity index (χ3n) is 12.0. The Hall–Kier alpha value is -1.95. The molecule has 1 N–H and O–H groups in total. The van der Waals surface area contributed by atoms with Gasteiger partial charge in [0.1, 0.15) is 17.8 Å². The van der Waals surface area contributed by atoms with E-state index < -0.39 is 5.60 Å². The van der Waals surface area contributed by atoms with Crippen molar-refractivity contribution < 1.29 is 14.6 Å². The van der Waals surface area contributed by atoms with Crippen molar-refractivity contribution in [2.45, 2.75) is 104 Å². The Bertz CT molecular complexity index is 1200. The summed E-state index contributed by atoms with van der Waals surface area (Å²) in [6.45, 7) is 9.20. The molecule has 0 bridgehead atoms. The molecule has 0 saturated heterocycles. The van der Waals surface area contributed by atoms with E-state index in [1.807, 2.05) is 19.1 Å². The monoisotopic (exact) mass is 507 g/mol. The number of carbonyl (C=O) groups is 1. The molecule has 2 aromatic rings. The van der Waals surface area contributed by atoms with Crippen LogP contribution in [0, 0.1) is 47.3 Å². The fourth-order valence-electron chi connectivity index (χ4n) is 10.2. The molecular formula is C31H45N3O3. The van der Waals surface area contributed by atoms with Gasteiger partial charge >= 0.3 is 0 Å². The molecule has 1 heterocycles. The fraction of sp³-hybridized carbons (Fsp3) is 0.774. The summed E-state index contributed by atoms with van der Waals surface area (Å²) in [6, 6.07) is 3.92. The van der Waals surface area contributed by atoms with E-state index in [2.05, 4.69) is 31.1 Å². The molecule has 0 radical (unpaired) electrons. The maximum absolute atomic E-state index is 13.9. The predicted octanol–water partition coefficient (Wildman–Crippen LogP) is 6.12. The third-order valence-corrected chi connectivity index (χ3v) is 12.0. The second kappa shape index (κ2) is 8.79. The van der Waals surface area contributed by atoms with Crippen LogP contribution in [0.5, 0.6) is 5.75 Å². The van der Waals surface area contributed by atoms with Gasteiger partial charge in [0.2, 0.25) is 0 Å². The van der Waals surface area contributed by atoms with E-state index in [1.165, 1.54) is 38.5 Å². The van der Waals surface area contributed by atoms with Gasteiger partial charge in [-0.1, -0.05) is 19.1 Å². The van der Waals surface area contributed by atoms with E-state index >= 15 is 0 Å². The Morgan fingerprint density at radius 3 is 2.68 bits per heavy atom. The van der Waals surface area contributed by atoms with Crippen LogP contribution in [0.4, 0.5) is 0 Å². The van der Waals surface area contributed by atoms with Crippen molar-refractivity contribution in [3.63, 3.8) is 0 Å². The highest BCUT2D eigenvalue weighted by atomic mass is 16.5. The Balaban J connectivity index is 1.23. The molecule has 1 aromatic carbocycles. The number of nitrogens with zero attached hydrogens (tertiary/aromatic N) is 3. The van der Waals surface area contributed by atoms with Gasteiger partial charge in [-0.05, 0) is 124 Å². The SMILES string of the molecule is CC[C@]12CC[C@@](C)(O)C[C@@H]1CC[C@H]1[C@@H]3CC[C@H](C(=O)Cn4nnc5c(C)cc(OC)cc54)[C@@]3(C)CC[C@@H]12. The zero-order valence-electron chi connectivity index (χ0n) is 23.4. The number of benzene rings is 1. The number of aryl methyl sites for hydroxylation is 1. The van der Waals surface area contributed by atoms with Crippen LogP contribution in [0.3, 0.4) is 0 Å². The van der Waals surface area contributed by atoms with Crippen molar-refractivity contribution in [2.75, 3.05) is 7.11 Å². The van der Waals surface area contributed by atoms with Crippen LogP contribution in [0.25, 0.3) is 11.0 Å². The van der Waals surface area contributed by atoms with Gasteiger partial charge in [-0.3, -0.25) is 4.79 Å². The molecule has 1 aromatic heterocycles. The summed E-state index contributed by atoms with van der Waals surface area (Å²) in [7, 11) is 1.67. The average Bonchev–Trinajstić information content (AvgIpc) is 3.44. The van der Waals surface area contributed by atoms with Crippen LogP contribution in [0.15, 0.2) is 12.1 Å². The minimum absolute atomic E-state index is 0.0875. The van der Waals surface area contributed by atoms with Crippen LogP contribution in [-0.2, 0) is 11.3 Å². The fourth-order valence-corrected chi connectivity index (χ4v) is 10.2. The van der Waals surface area contributed by atoms with Gasteiger partial charge < -0.3 is 9.84 Å². The number of rotatable bonds is 5. The van der Waals surface area contributed by atoms with Crippen molar-refractivity contribution >= 4 is 16.8 Å². The largest absolute Gasteiger partial charge is 0.497 e. The first-order valence-electron chi connectivity index (χ1n) is 14.7. The highest BCUT2D eigenvalue weighted by Gasteiger charge is 2.62. The lowest BCUT2D eigenvalue weighted by molar-refractivity contribution is -0.158. The molecule has 4 aliphatic rings. The van der Waals surface area contributed by atoms with Crippen LogP contribution >= 0.6 is 0 Å². The number of hydrogen-bond donors (Lipinski definition) is 1. The molecule has 8 atom stereocenters. The zero-order chi connectivity index (χ0) is 26.2. The number of methoxy groups -OCH3 is 1. The number of aliphatic hydroxyl groups is 1.